The van der Waals surface area contributed by atoms with Crippen LogP contribution in [0.5, 0.6) is 5.75 Å². The Hall–Kier alpha value is -3.18. The Labute approximate surface area is 192 Å². The summed E-state index contributed by atoms with van der Waals surface area (Å²) in [6.45, 7) is 0.530. The minimum absolute atomic E-state index is 0.0605. The quantitative estimate of drug-likeness (QED) is 0.414. The molecule has 2 heterocycles. The molecule has 1 aromatic heterocycles. The molecule has 1 aromatic carbocycles. The Kier molecular flexibility index (Phi) is 7.47. The minimum Gasteiger partial charge on any atom is -0.497 e. The van der Waals surface area contributed by atoms with Gasteiger partial charge in [-0.25, -0.2) is 13.5 Å². The van der Waals surface area contributed by atoms with E-state index in [-0.39, 0.29) is 26.0 Å². The van der Waals surface area contributed by atoms with Crippen molar-refractivity contribution in [2.45, 2.75) is 50.9 Å². The van der Waals surface area contributed by atoms with Crippen molar-refractivity contribution >= 4 is 11.8 Å². The zero-order valence-corrected chi connectivity index (χ0v) is 18.6. The van der Waals surface area contributed by atoms with Crippen LogP contribution in [-0.4, -0.2) is 48.0 Å². The van der Waals surface area contributed by atoms with E-state index in [2.05, 4.69) is 5.10 Å². The van der Waals surface area contributed by atoms with E-state index in [0.717, 1.165) is 4.90 Å². The second-order valence-corrected chi connectivity index (χ2v) is 7.91. The van der Waals surface area contributed by atoms with Crippen molar-refractivity contribution < 1.29 is 36.2 Å². The second-order valence-electron chi connectivity index (χ2n) is 7.91. The number of carbonyl (C=O) groups is 1. The molecule has 7 nitrogen and oxygen atoms in total. The highest BCUT2D eigenvalue weighted by Crippen LogP contribution is 2.38. The Morgan fingerprint density at radius 2 is 1.91 bits per heavy atom. The monoisotopic (exact) mass is 489 g/mol. The van der Waals surface area contributed by atoms with Gasteiger partial charge in [-0.3, -0.25) is 9.59 Å². The minimum atomic E-state index is -5.01. The summed E-state index contributed by atoms with van der Waals surface area (Å²) in [5.41, 5.74) is -2.43. The molecule has 0 saturated carbocycles. The Morgan fingerprint density at radius 3 is 2.50 bits per heavy atom. The van der Waals surface area contributed by atoms with Gasteiger partial charge in [0.1, 0.15) is 17.1 Å². The van der Waals surface area contributed by atoms with Gasteiger partial charge in [0.25, 0.3) is 11.5 Å². The number of alkyl halides is 5. The summed E-state index contributed by atoms with van der Waals surface area (Å²) in [6.07, 6.45) is -5.91. The van der Waals surface area contributed by atoms with Gasteiger partial charge >= 0.3 is 12.1 Å². The molecule has 0 spiro atoms. The van der Waals surface area contributed by atoms with E-state index in [1.54, 1.807) is 31.2 Å². The molecule has 1 fully saturated rings. The molecular weight excluding hydrogens is 465 g/mol. The molecule has 0 radical (unpaired) electrons. The van der Waals surface area contributed by atoms with Gasteiger partial charge in [0, 0.05) is 24.9 Å². The van der Waals surface area contributed by atoms with E-state index in [1.165, 1.54) is 7.11 Å². The number of ether oxygens (including phenoxy) is 2. The molecule has 1 atom stereocenters. The number of rotatable bonds is 8. The molecule has 34 heavy (non-hydrogen) atoms. The van der Waals surface area contributed by atoms with E-state index in [1.807, 2.05) is 0 Å². The van der Waals surface area contributed by atoms with Crippen molar-refractivity contribution in [1.29, 1.82) is 0 Å². The Bertz CT molecular complexity index is 1070. The SMILES string of the molecule is CCOC(=O)CC[C@@H]1CC(F)(F)CN1c1cc(C(F)(F)F)c(=O)n(Cc2ccc(OC)cc2)n1. The van der Waals surface area contributed by atoms with Crippen LogP contribution in [0.3, 0.4) is 0 Å². The van der Waals surface area contributed by atoms with Gasteiger partial charge in [-0.15, -0.1) is 0 Å². The van der Waals surface area contributed by atoms with E-state index in [4.69, 9.17) is 9.47 Å². The number of halogens is 5. The zero-order valence-electron chi connectivity index (χ0n) is 18.6. The largest absolute Gasteiger partial charge is 0.497 e. The van der Waals surface area contributed by atoms with E-state index >= 15 is 0 Å². The first-order chi connectivity index (χ1) is 15.9. The van der Waals surface area contributed by atoms with Crippen LogP contribution < -0.4 is 15.2 Å². The van der Waals surface area contributed by atoms with Crippen LogP contribution in [-0.2, 0) is 22.3 Å². The van der Waals surface area contributed by atoms with Crippen molar-refractivity contribution in [2.75, 3.05) is 25.2 Å². The van der Waals surface area contributed by atoms with Crippen molar-refractivity contribution in [3.63, 3.8) is 0 Å². The molecule has 0 amide bonds. The molecule has 1 aliphatic heterocycles. The van der Waals surface area contributed by atoms with E-state index < -0.39 is 54.0 Å². The average molecular weight is 489 g/mol. The van der Waals surface area contributed by atoms with Crippen molar-refractivity contribution in [1.82, 2.24) is 9.78 Å². The molecule has 2 aromatic rings. The first-order valence-corrected chi connectivity index (χ1v) is 10.6. The number of anilines is 1. The molecular formula is C22H24F5N3O4. The van der Waals surface area contributed by atoms with Crippen LogP contribution in [0.4, 0.5) is 27.8 Å². The highest BCUT2D eigenvalue weighted by molar-refractivity contribution is 5.69. The van der Waals surface area contributed by atoms with E-state index in [9.17, 15) is 31.5 Å². The molecule has 0 aliphatic carbocycles. The molecule has 0 bridgehead atoms. The lowest BCUT2D eigenvalue weighted by Crippen LogP contribution is -2.37. The molecule has 3 rings (SSSR count). The van der Waals surface area contributed by atoms with Crippen LogP contribution in [0.1, 0.15) is 37.3 Å². The standard InChI is InChI=1S/C22H24F5N3O4/c1-3-34-19(31)9-6-15-11-21(23,24)13-29(15)18-10-17(22(25,26)27)20(32)30(28-18)12-14-4-7-16(33-2)8-5-14/h4-5,7-8,10,15H,3,6,9,11-13H2,1-2H3/t15-/m1/s1. The average Bonchev–Trinajstić information content (AvgIpc) is 3.08. The lowest BCUT2D eigenvalue weighted by Gasteiger charge is -2.26. The molecule has 1 aliphatic rings. The molecule has 0 unspecified atom stereocenters. The molecule has 0 N–H and O–H groups in total. The number of methoxy groups -OCH3 is 1. The summed E-state index contributed by atoms with van der Waals surface area (Å²) in [5, 5.41) is 3.99. The zero-order chi connectivity index (χ0) is 25.1. The Balaban J connectivity index is 1.98. The van der Waals surface area contributed by atoms with Gasteiger partial charge in [-0.05, 0) is 31.0 Å². The number of nitrogens with zero attached hydrogens (tertiary/aromatic N) is 3. The summed E-state index contributed by atoms with van der Waals surface area (Å²) in [4.78, 5) is 25.3. The van der Waals surface area contributed by atoms with Gasteiger partial charge in [0.05, 0.1) is 26.8 Å². The van der Waals surface area contributed by atoms with Gasteiger partial charge < -0.3 is 14.4 Å². The highest BCUT2D eigenvalue weighted by Gasteiger charge is 2.46. The number of benzene rings is 1. The van der Waals surface area contributed by atoms with Crippen LogP contribution in [0.25, 0.3) is 0 Å². The van der Waals surface area contributed by atoms with Gasteiger partial charge in [0.15, 0.2) is 0 Å². The molecule has 186 valence electrons. The third-order valence-electron chi connectivity index (χ3n) is 5.42. The fraction of sp³-hybridized carbons (Fsp3) is 0.500. The lowest BCUT2D eigenvalue weighted by molar-refractivity contribution is -0.143. The van der Waals surface area contributed by atoms with Crippen LogP contribution in [0, 0.1) is 0 Å². The van der Waals surface area contributed by atoms with Crippen LogP contribution in [0.15, 0.2) is 35.1 Å². The fourth-order valence-electron chi connectivity index (χ4n) is 3.82. The lowest BCUT2D eigenvalue weighted by atomic mass is 10.1. The van der Waals surface area contributed by atoms with Gasteiger partial charge in [-0.1, -0.05) is 12.1 Å². The van der Waals surface area contributed by atoms with Crippen LogP contribution in [0.2, 0.25) is 0 Å². The third kappa shape index (κ3) is 6.03. The summed E-state index contributed by atoms with van der Waals surface area (Å²) in [6, 6.07) is 5.78. The second kappa shape index (κ2) is 9.98. The smallest absolute Gasteiger partial charge is 0.421 e. The highest BCUT2D eigenvalue weighted by atomic mass is 19.4. The third-order valence-corrected chi connectivity index (χ3v) is 5.42. The number of aromatic nitrogens is 2. The maximum absolute atomic E-state index is 14.2. The number of hydrogen-bond donors (Lipinski definition) is 0. The normalized spacial score (nSPS) is 17.6. The fourth-order valence-corrected chi connectivity index (χ4v) is 3.82. The van der Waals surface area contributed by atoms with E-state index in [0.29, 0.717) is 22.1 Å². The predicted octanol–water partition coefficient (Wildman–Crippen LogP) is 3.88. The van der Waals surface area contributed by atoms with Gasteiger partial charge in [0.2, 0.25) is 0 Å². The number of esters is 1. The van der Waals surface area contributed by atoms with Crippen molar-refractivity contribution in [3.8, 4) is 5.75 Å². The number of carbonyl (C=O) groups excluding carboxylic acids is 1. The maximum Gasteiger partial charge on any atom is 0.421 e. The van der Waals surface area contributed by atoms with Crippen molar-refractivity contribution in [2.24, 2.45) is 0 Å². The predicted molar refractivity (Wildman–Crippen MR) is 112 cm³/mol. The Morgan fingerprint density at radius 1 is 1.24 bits per heavy atom. The topological polar surface area (TPSA) is 73.7 Å². The first kappa shape index (κ1) is 25.4. The summed E-state index contributed by atoms with van der Waals surface area (Å²) >= 11 is 0. The first-order valence-electron chi connectivity index (χ1n) is 10.6. The summed E-state index contributed by atoms with van der Waals surface area (Å²) in [7, 11) is 1.45. The molecule has 1 saturated heterocycles. The molecule has 12 heteroatoms. The number of hydrogen-bond acceptors (Lipinski definition) is 6. The summed E-state index contributed by atoms with van der Waals surface area (Å²) in [5.74, 6) is -3.69. The maximum atomic E-state index is 14.2. The van der Waals surface area contributed by atoms with Crippen molar-refractivity contribution in [3.05, 3.63) is 51.8 Å². The summed E-state index contributed by atoms with van der Waals surface area (Å²) < 4.78 is 79.9. The van der Waals surface area contributed by atoms with Gasteiger partial charge in [-0.2, -0.15) is 18.3 Å². The van der Waals surface area contributed by atoms with Crippen LogP contribution >= 0.6 is 0 Å².